The van der Waals surface area contributed by atoms with Gasteiger partial charge in [0.05, 0.1) is 30.0 Å². The Kier molecular flexibility index (Phi) is 39.9. The van der Waals surface area contributed by atoms with Gasteiger partial charge in [-0.2, -0.15) is 8.42 Å². The van der Waals surface area contributed by atoms with Crippen LogP contribution in [-0.2, 0) is 57.9 Å². The lowest BCUT2D eigenvalue weighted by molar-refractivity contribution is -0.904. The fraction of sp³-hybridized carbons (Fsp3) is 0.381. The molecule has 2 saturated heterocycles. The molecule has 0 aliphatic carbocycles. The highest BCUT2D eigenvalue weighted by atomic mass is 35.5. The molecule has 0 saturated carbocycles. The van der Waals surface area contributed by atoms with E-state index in [1.807, 2.05) is 121 Å². The quantitative estimate of drug-likeness (QED) is 0.00777. The summed E-state index contributed by atoms with van der Waals surface area (Å²) in [4.78, 5) is 66.9. The maximum Gasteiger partial charge on any atom is 0.394 e. The lowest BCUT2D eigenvalue weighted by atomic mass is 10.0. The first-order chi connectivity index (χ1) is 52.9. The zero-order chi connectivity index (χ0) is 83.7. The van der Waals surface area contributed by atoms with Gasteiger partial charge in [0.2, 0.25) is 12.4 Å². The van der Waals surface area contributed by atoms with Crippen LogP contribution in [0.3, 0.4) is 0 Å². The molecule has 0 bridgehead atoms. The number of ether oxygens (including phenoxy) is 8. The molecule has 2 fully saturated rings. The van der Waals surface area contributed by atoms with Gasteiger partial charge in [-0.3, -0.25) is 52.8 Å². The van der Waals surface area contributed by atoms with E-state index in [-0.39, 0.29) is 36.9 Å². The number of aromatic nitrogens is 4. The van der Waals surface area contributed by atoms with Crippen molar-refractivity contribution < 1.29 is 90.0 Å². The Labute approximate surface area is 659 Å². The van der Waals surface area contributed by atoms with Crippen molar-refractivity contribution in [2.24, 2.45) is 10.7 Å². The number of nitrogens with zero attached hydrogens (tertiary/aromatic N) is 4. The summed E-state index contributed by atoms with van der Waals surface area (Å²) in [6.07, 6.45) is 10.6. The summed E-state index contributed by atoms with van der Waals surface area (Å²) in [6.45, 7) is 27.7. The number of aldehydes is 1. The van der Waals surface area contributed by atoms with Crippen LogP contribution >= 0.6 is 11.6 Å². The highest BCUT2D eigenvalue weighted by Gasteiger charge is 2.38. The molecule has 12 rings (SSSR count). The van der Waals surface area contributed by atoms with E-state index in [0.717, 1.165) is 65.9 Å². The molecule has 0 amide bonds. The number of carbonyl (C=O) groups is 3. The number of aliphatic hydroxyl groups is 2. The largest absolute Gasteiger partial charge is 0.463 e. The van der Waals surface area contributed by atoms with Crippen LogP contribution in [0.4, 0.5) is 0 Å². The Balaban J connectivity index is 0.000000271. The van der Waals surface area contributed by atoms with E-state index in [1.54, 1.807) is 53.2 Å². The number of rotatable bonds is 14. The topological polar surface area (TPSA) is 370 Å². The van der Waals surface area contributed by atoms with Crippen LogP contribution in [0.15, 0.2) is 161 Å². The van der Waals surface area contributed by atoms with Gasteiger partial charge in [0.25, 0.3) is 11.1 Å². The summed E-state index contributed by atoms with van der Waals surface area (Å²) >= 11 is 5.75. The molecule has 10 aromatic rings. The van der Waals surface area contributed by atoms with Crippen molar-refractivity contribution in [2.75, 3.05) is 54.7 Å². The van der Waals surface area contributed by atoms with Gasteiger partial charge in [-0.1, -0.05) is 130 Å². The van der Waals surface area contributed by atoms with E-state index < -0.39 is 58.5 Å². The fourth-order valence-electron chi connectivity index (χ4n) is 12.1. The Morgan fingerprint density at radius 3 is 1.67 bits per heavy atom. The molecule has 6 heterocycles. The van der Waals surface area contributed by atoms with Crippen molar-refractivity contribution in [3.63, 3.8) is 0 Å². The number of aryl methyl sites for hydroxylation is 12. The zero-order valence-corrected chi connectivity index (χ0v) is 68.5. The number of hydrogen-bond acceptors (Lipinski definition) is 21. The van der Waals surface area contributed by atoms with Crippen LogP contribution < -0.4 is 21.6 Å². The Hall–Kier alpha value is -9.56. The van der Waals surface area contributed by atoms with Crippen LogP contribution in [0.2, 0.25) is 0 Å². The molecule has 6 atom stereocenters. The van der Waals surface area contributed by atoms with E-state index in [4.69, 9.17) is 77.9 Å². The maximum absolute atomic E-state index is 12.7. The lowest BCUT2D eigenvalue weighted by Crippen LogP contribution is -2.31. The van der Waals surface area contributed by atoms with E-state index in [1.165, 1.54) is 79.1 Å². The summed E-state index contributed by atoms with van der Waals surface area (Å²) in [5.41, 5.74) is 20.5. The minimum Gasteiger partial charge on any atom is -0.463 e. The third-order valence-electron chi connectivity index (χ3n) is 17.3. The average molecular weight is 1590 g/mol. The number of methoxy groups -OCH3 is 4. The third kappa shape index (κ3) is 31.9. The highest BCUT2D eigenvalue weighted by Crippen LogP contribution is 2.30. The number of hydrogen-bond donors (Lipinski definition) is 7. The monoisotopic (exact) mass is 1590 g/mol. The Morgan fingerprint density at radius 1 is 0.661 bits per heavy atom. The second kappa shape index (κ2) is 47.1. The van der Waals surface area contributed by atoms with E-state index in [0.29, 0.717) is 31.3 Å². The summed E-state index contributed by atoms with van der Waals surface area (Å²) in [5, 5.41) is 36.4. The molecule has 26 nitrogen and oxygen atoms in total. The van der Waals surface area contributed by atoms with Gasteiger partial charge in [-0.15, -0.1) is 0 Å². The van der Waals surface area contributed by atoms with Crippen molar-refractivity contribution in [3.8, 4) is 0 Å². The number of nitrogens with one attached hydrogen (secondary N) is 1. The van der Waals surface area contributed by atoms with Gasteiger partial charge < -0.3 is 58.8 Å². The van der Waals surface area contributed by atoms with Crippen molar-refractivity contribution in [1.29, 1.82) is 0 Å². The summed E-state index contributed by atoms with van der Waals surface area (Å²) in [7, 11) is 1.67. The smallest absolute Gasteiger partial charge is 0.394 e. The van der Waals surface area contributed by atoms with Gasteiger partial charge >= 0.3 is 22.3 Å². The standard InChI is InChI=1S/C16H19NO4.C13H19NO2.C11H12NO.C11H11NO.C11H11N.C9H13ClO5.C9H10O.C4H11NO2.H2O4S/c1-9-5-10(2)15-11(6-9)3-4-17(16(15)20)14-7-12(19)13(8-18)21-14;1-10-5-6-12(11(2)7-10)8-14-9-13(15-3)16-4;1-8-5-9(2)11-7-12(13)4-3-10(11)6-8;1-7-5-8(2)10-9(6-7)3-4-12-11(10)13;1-8-5-9(2)11-7-12-4-3-10(11)6-8;1-5(11)13-4-8-7(14-6(2)12)3-9(10)15-8;1-7-3-4-9(6-10)8(2)5-7;1-6-4(3-5)7-2;1-5(2,3)4/h3-6,12-14,18-19H,7-8H2,1-2H3;5-8,13H,9H2,1-4H3;3-7,13H,1-2H3;3-6H,1-2H3,(H,12,13);3-7H,1-2H3;7-9H,3-4H2,1-2H3;3-6H,1-2H3;4H,3,5H2,1-2H3;(H2,1,2,3,4)/q;;+1;;;;;;/t12-,13-,14-;;;;;7-,8-,9-;;;/m1....1.../s1. The van der Waals surface area contributed by atoms with Crippen molar-refractivity contribution in [3.05, 3.63) is 245 Å². The predicted molar refractivity (Wildman–Crippen MR) is 435 cm³/mol. The van der Waals surface area contributed by atoms with Crippen molar-refractivity contribution in [1.82, 2.24) is 14.5 Å². The molecule has 0 spiro atoms. The molecule has 112 heavy (non-hydrogen) atoms. The van der Waals surface area contributed by atoms with Gasteiger partial charge in [0, 0.05) is 120 Å². The number of halogens is 1. The second-order valence-electron chi connectivity index (χ2n) is 26.7. The number of aliphatic hydroxyl groups excluding tert-OH is 2. The Bertz CT molecular complexity index is 4980. The molecule has 606 valence electrons. The number of aliphatic imine (C=N–C) groups is 1. The minimum atomic E-state index is -4.67. The number of esters is 2. The molecule has 8 N–H and O–H groups in total. The molecule has 2 aliphatic heterocycles. The fourth-order valence-corrected chi connectivity index (χ4v) is 12.4. The first-order valence-corrected chi connectivity index (χ1v) is 37.5. The molecule has 6 aromatic carbocycles. The number of alkyl halides is 1. The second-order valence-corrected chi connectivity index (χ2v) is 28.1. The van der Waals surface area contributed by atoms with Crippen molar-refractivity contribution in [2.45, 2.75) is 159 Å². The molecule has 0 unspecified atom stereocenters. The van der Waals surface area contributed by atoms with Crippen LogP contribution in [0, 0.1) is 83.1 Å². The van der Waals surface area contributed by atoms with E-state index in [2.05, 4.69) is 105 Å². The van der Waals surface area contributed by atoms with E-state index in [9.17, 15) is 34.3 Å². The average Bonchev–Trinajstić information content (AvgIpc) is 1.49. The van der Waals surface area contributed by atoms with Crippen molar-refractivity contribution >= 4 is 89.5 Å². The van der Waals surface area contributed by atoms with Gasteiger partial charge in [-0.05, 0) is 162 Å². The van der Waals surface area contributed by atoms with Gasteiger partial charge in [0.1, 0.15) is 43.0 Å². The molecule has 2 aliphatic rings. The summed E-state index contributed by atoms with van der Waals surface area (Å²) in [5.74, 6) is -0.805. The predicted octanol–water partition coefficient (Wildman–Crippen LogP) is 12.4. The number of nitrogens with two attached hydrogens (primary N) is 1. The summed E-state index contributed by atoms with van der Waals surface area (Å²) < 4.78 is 74.2. The SMILES string of the molecule is CC(=O)OC[C@H]1O[C@@H](Cl)C[C@H]1OC(C)=O.COC(CN)OC.COC(CN=Cc1ccc(C)cc1C)OC.Cc1cc(C)c2c(=O)[nH]ccc2c1.Cc1cc(C)c2c(=O)n([C@H]3C[C@@H](O)[C@@H](CO)O3)ccc2c1.Cc1cc(C)c2c[n+](O)ccc2c1.Cc1cc(C)c2cnccc2c1.Cc1ccc(C=O)c(C)c1.O=S(=O)(O)O. The van der Waals surface area contributed by atoms with E-state index >= 15 is 0 Å². The molecule has 0 radical (unpaired) electrons. The maximum atomic E-state index is 12.7. The summed E-state index contributed by atoms with van der Waals surface area (Å²) in [6, 6.07) is 36.5. The van der Waals surface area contributed by atoms with Gasteiger partial charge in [-0.25, -0.2) is 0 Å². The lowest BCUT2D eigenvalue weighted by Gasteiger charge is -2.17. The zero-order valence-electron chi connectivity index (χ0n) is 66.9. The first-order valence-electron chi connectivity index (χ1n) is 35.7. The molecule has 4 aromatic heterocycles. The number of aromatic amines is 1. The number of benzene rings is 6. The Morgan fingerprint density at radius 2 is 1.17 bits per heavy atom. The van der Waals surface area contributed by atoms with Crippen LogP contribution in [0.1, 0.15) is 116 Å². The number of H-pyrrole nitrogens is 1. The number of pyridine rings is 4. The minimum absolute atomic E-state index is 0.00463. The molecular formula is C84H108ClN6O20S+. The number of fused-ring (bicyclic) bond motifs is 4. The third-order valence-corrected chi connectivity index (χ3v) is 17.5. The molecule has 28 heteroatoms. The molecular weight excluding hydrogens is 1480 g/mol. The highest BCUT2D eigenvalue weighted by molar-refractivity contribution is 7.79. The van der Waals surface area contributed by atoms with Crippen LogP contribution in [-0.4, -0.2) is 169 Å². The normalized spacial score (nSPS) is 16.1. The van der Waals surface area contributed by atoms with Crippen LogP contribution in [0.5, 0.6) is 0 Å². The van der Waals surface area contributed by atoms with Crippen LogP contribution in [0.25, 0.3) is 43.1 Å². The van der Waals surface area contributed by atoms with Gasteiger partial charge in [0.15, 0.2) is 12.6 Å². The first kappa shape index (κ1) is 94.8. The number of carbonyl (C=O) groups excluding carboxylic acids is 3.